The van der Waals surface area contributed by atoms with Crippen molar-refractivity contribution in [3.63, 3.8) is 0 Å². The Hall–Kier alpha value is -1.81. The van der Waals surface area contributed by atoms with Gasteiger partial charge in [-0.3, -0.25) is 4.79 Å². The fourth-order valence-electron chi connectivity index (χ4n) is 2.15. The molecule has 0 unspecified atom stereocenters. The number of nitrogens with zero attached hydrogens (tertiary/aromatic N) is 2. The lowest BCUT2D eigenvalue weighted by Gasteiger charge is -2.34. The Bertz CT molecular complexity index is 433. The molecule has 1 aromatic rings. The number of amides is 1. The fraction of sp³-hybridized carbons (Fsp3) is 0.400. The molecule has 4 heteroatoms. The Balaban J connectivity index is 1.91. The van der Waals surface area contributed by atoms with E-state index in [1.807, 2.05) is 0 Å². The summed E-state index contributed by atoms with van der Waals surface area (Å²) in [5.74, 6) is -0.136. The summed E-state index contributed by atoms with van der Waals surface area (Å²) >= 11 is 0. The molecule has 19 heavy (non-hydrogen) atoms. The molecule has 0 spiro atoms. The van der Waals surface area contributed by atoms with Crippen molar-refractivity contribution in [3.8, 4) is 0 Å². The number of nitrogens with one attached hydrogen (secondary N) is 1. The predicted molar refractivity (Wildman–Crippen MR) is 78.2 cm³/mol. The standard InChI is InChI=1S/C15H21N3O/c1-3-15(19)16-12-13-4-6-14(7-5-13)18-10-8-17(2)9-11-18/h3-7H,1,8-12H2,2H3,(H,16,19). The van der Waals surface area contributed by atoms with Crippen molar-refractivity contribution < 1.29 is 4.79 Å². The number of anilines is 1. The van der Waals surface area contributed by atoms with Crippen LogP contribution in [-0.4, -0.2) is 44.0 Å². The number of carbonyl (C=O) groups is 1. The second kappa shape index (κ2) is 6.38. The van der Waals surface area contributed by atoms with Crippen molar-refractivity contribution in [1.82, 2.24) is 10.2 Å². The first-order valence-electron chi connectivity index (χ1n) is 6.62. The first kappa shape index (κ1) is 13.6. The summed E-state index contributed by atoms with van der Waals surface area (Å²) in [4.78, 5) is 15.8. The highest BCUT2D eigenvalue weighted by molar-refractivity contribution is 5.86. The number of rotatable bonds is 4. The highest BCUT2D eigenvalue weighted by Gasteiger charge is 2.13. The molecular formula is C15H21N3O. The number of carbonyl (C=O) groups excluding carboxylic acids is 1. The molecular weight excluding hydrogens is 238 g/mol. The lowest BCUT2D eigenvalue weighted by Crippen LogP contribution is -2.44. The maximum atomic E-state index is 11.1. The van der Waals surface area contributed by atoms with E-state index in [1.165, 1.54) is 11.8 Å². The molecule has 0 atom stereocenters. The van der Waals surface area contributed by atoms with Gasteiger partial charge < -0.3 is 15.1 Å². The first-order valence-corrected chi connectivity index (χ1v) is 6.62. The van der Waals surface area contributed by atoms with E-state index in [4.69, 9.17) is 0 Å². The van der Waals surface area contributed by atoms with Crippen LogP contribution in [0, 0.1) is 0 Å². The smallest absolute Gasteiger partial charge is 0.243 e. The van der Waals surface area contributed by atoms with Gasteiger partial charge in [0.2, 0.25) is 5.91 Å². The van der Waals surface area contributed by atoms with Gasteiger partial charge >= 0.3 is 0 Å². The van der Waals surface area contributed by atoms with Gasteiger partial charge in [0.15, 0.2) is 0 Å². The van der Waals surface area contributed by atoms with Crippen LogP contribution < -0.4 is 10.2 Å². The predicted octanol–water partition coefficient (Wildman–Crippen LogP) is 1.24. The summed E-state index contributed by atoms with van der Waals surface area (Å²) < 4.78 is 0. The van der Waals surface area contributed by atoms with Gasteiger partial charge in [0.1, 0.15) is 0 Å². The number of benzene rings is 1. The quantitative estimate of drug-likeness (QED) is 0.826. The SMILES string of the molecule is C=CC(=O)NCc1ccc(N2CCN(C)CC2)cc1. The van der Waals surface area contributed by atoms with E-state index in [2.05, 4.69) is 53.0 Å². The summed E-state index contributed by atoms with van der Waals surface area (Å²) in [6.07, 6.45) is 1.29. The average molecular weight is 259 g/mol. The van der Waals surface area contributed by atoms with E-state index in [-0.39, 0.29) is 5.91 Å². The lowest BCUT2D eigenvalue weighted by molar-refractivity contribution is -0.116. The molecule has 0 aliphatic carbocycles. The molecule has 1 aromatic carbocycles. The molecule has 0 bridgehead atoms. The molecule has 0 aromatic heterocycles. The zero-order chi connectivity index (χ0) is 13.7. The third-order valence-corrected chi connectivity index (χ3v) is 3.46. The van der Waals surface area contributed by atoms with E-state index in [1.54, 1.807) is 0 Å². The van der Waals surface area contributed by atoms with E-state index in [0.717, 1.165) is 31.7 Å². The summed E-state index contributed by atoms with van der Waals surface area (Å²) in [5, 5.41) is 2.78. The number of hydrogen-bond acceptors (Lipinski definition) is 3. The summed E-state index contributed by atoms with van der Waals surface area (Å²) in [5.41, 5.74) is 2.36. The summed E-state index contributed by atoms with van der Waals surface area (Å²) in [6, 6.07) is 8.38. The fourth-order valence-corrected chi connectivity index (χ4v) is 2.15. The minimum absolute atomic E-state index is 0.136. The van der Waals surface area contributed by atoms with Crippen molar-refractivity contribution in [1.29, 1.82) is 0 Å². The van der Waals surface area contributed by atoms with Gasteiger partial charge in [0.05, 0.1) is 0 Å². The third kappa shape index (κ3) is 3.83. The minimum atomic E-state index is -0.136. The zero-order valence-electron chi connectivity index (χ0n) is 11.4. The van der Waals surface area contributed by atoms with Crippen molar-refractivity contribution in [3.05, 3.63) is 42.5 Å². The molecule has 2 rings (SSSR count). The van der Waals surface area contributed by atoms with Crippen LogP contribution in [0.15, 0.2) is 36.9 Å². The van der Waals surface area contributed by atoms with Gasteiger partial charge in [0, 0.05) is 38.4 Å². The average Bonchev–Trinajstić information content (AvgIpc) is 2.46. The van der Waals surface area contributed by atoms with Crippen molar-refractivity contribution >= 4 is 11.6 Å². The Labute approximate surface area is 114 Å². The van der Waals surface area contributed by atoms with Crippen LogP contribution in [-0.2, 0) is 11.3 Å². The molecule has 0 radical (unpaired) electrons. The van der Waals surface area contributed by atoms with Gasteiger partial charge in [-0.1, -0.05) is 18.7 Å². The Morgan fingerprint density at radius 2 is 1.89 bits per heavy atom. The molecule has 1 fully saturated rings. The highest BCUT2D eigenvalue weighted by Crippen LogP contribution is 2.16. The molecule has 1 saturated heterocycles. The van der Waals surface area contributed by atoms with Gasteiger partial charge in [-0.2, -0.15) is 0 Å². The van der Waals surface area contributed by atoms with E-state index in [9.17, 15) is 4.79 Å². The Kier molecular flexibility index (Phi) is 4.58. The van der Waals surface area contributed by atoms with E-state index in [0.29, 0.717) is 6.54 Å². The second-order valence-electron chi connectivity index (χ2n) is 4.88. The maximum Gasteiger partial charge on any atom is 0.243 e. The molecule has 1 heterocycles. The van der Waals surface area contributed by atoms with Crippen LogP contribution in [0.25, 0.3) is 0 Å². The Morgan fingerprint density at radius 3 is 2.47 bits per heavy atom. The molecule has 0 saturated carbocycles. The molecule has 1 amide bonds. The first-order chi connectivity index (χ1) is 9.19. The molecule has 102 valence electrons. The lowest BCUT2D eigenvalue weighted by atomic mass is 10.2. The third-order valence-electron chi connectivity index (χ3n) is 3.46. The van der Waals surface area contributed by atoms with Crippen LogP contribution in [0.2, 0.25) is 0 Å². The molecule has 4 nitrogen and oxygen atoms in total. The topological polar surface area (TPSA) is 35.6 Å². The number of piperazine rings is 1. The summed E-state index contributed by atoms with van der Waals surface area (Å²) in [6.45, 7) is 8.34. The van der Waals surface area contributed by atoms with Crippen molar-refractivity contribution in [2.75, 3.05) is 38.1 Å². The molecule has 1 aliphatic rings. The van der Waals surface area contributed by atoms with Crippen LogP contribution in [0.1, 0.15) is 5.56 Å². The zero-order valence-corrected chi connectivity index (χ0v) is 11.4. The number of hydrogen-bond donors (Lipinski definition) is 1. The van der Waals surface area contributed by atoms with E-state index < -0.39 is 0 Å². The van der Waals surface area contributed by atoms with Gasteiger partial charge in [0.25, 0.3) is 0 Å². The van der Waals surface area contributed by atoms with Gasteiger partial charge in [-0.25, -0.2) is 0 Å². The minimum Gasteiger partial charge on any atom is -0.369 e. The maximum absolute atomic E-state index is 11.1. The van der Waals surface area contributed by atoms with Crippen LogP contribution in [0.5, 0.6) is 0 Å². The molecule has 1 aliphatic heterocycles. The largest absolute Gasteiger partial charge is 0.369 e. The van der Waals surface area contributed by atoms with Crippen LogP contribution >= 0.6 is 0 Å². The second-order valence-corrected chi connectivity index (χ2v) is 4.88. The summed E-state index contributed by atoms with van der Waals surface area (Å²) in [7, 11) is 2.16. The Morgan fingerprint density at radius 1 is 1.26 bits per heavy atom. The van der Waals surface area contributed by atoms with Crippen molar-refractivity contribution in [2.24, 2.45) is 0 Å². The van der Waals surface area contributed by atoms with Gasteiger partial charge in [-0.05, 0) is 30.8 Å². The normalized spacial score (nSPS) is 16.2. The van der Waals surface area contributed by atoms with Gasteiger partial charge in [-0.15, -0.1) is 0 Å². The van der Waals surface area contributed by atoms with Crippen molar-refractivity contribution in [2.45, 2.75) is 6.54 Å². The number of likely N-dealkylation sites (N-methyl/N-ethyl adjacent to an activating group) is 1. The van der Waals surface area contributed by atoms with Crippen LogP contribution in [0.3, 0.4) is 0 Å². The monoisotopic (exact) mass is 259 g/mol. The van der Waals surface area contributed by atoms with E-state index >= 15 is 0 Å². The van der Waals surface area contributed by atoms with Crippen LogP contribution in [0.4, 0.5) is 5.69 Å². The highest BCUT2D eigenvalue weighted by atomic mass is 16.1. The molecule has 1 N–H and O–H groups in total.